The fourth-order valence-electron chi connectivity index (χ4n) is 2.69. The van der Waals surface area contributed by atoms with Crippen LogP contribution >= 0.6 is 15.9 Å². The number of hydrogen-bond donors (Lipinski definition) is 1. The summed E-state index contributed by atoms with van der Waals surface area (Å²) in [6.45, 7) is 8.60. The van der Waals surface area contributed by atoms with Gasteiger partial charge >= 0.3 is 0 Å². The Bertz CT molecular complexity index is 418. The molecule has 0 aliphatic heterocycles. The van der Waals surface area contributed by atoms with E-state index in [0.717, 1.165) is 24.0 Å². The van der Waals surface area contributed by atoms with Gasteiger partial charge in [-0.3, -0.25) is 0 Å². The summed E-state index contributed by atoms with van der Waals surface area (Å²) in [6, 6.07) is 7.17. The minimum Gasteiger partial charge on any atom is -0.368 e. The van der Waals surface area contributed by atoms with Gasteiger partial charge in [-0.15, -0.1) is 0 Å². The van der Waals surface area contributed by atoms with Crippen LogP contribution in [0.25, 0.3) is 0 Å². The van der Waals surface area contributed by atoms with Crippen molar-refractivity contribution in [2.45, 2.75) is 39.3 Å². The highest BCUT2D eigenvalue weighted by molar-refractivity contribution is 9.10. The maximum absolute atomic E-state index is 6.00. The summed E-state index contributed by atoms with van der Waals surface area (Å²) in [4.78, 5) is 4.70. The van der Waals surface area contributed by atoms with E-state index in [1.807, 2.05) is 0 Å². The molecule has 20 heavy (non-hydrogen) atoms. The number of halogens is 1. The summed E-state index contributed by atoms with van der Waals surface area (Å²) in [6.07, 6.45) is 0.903. The molecule has 0 fully saturated rings. The van der Waals surface area contributed by atoms with Crippen molar-refractivity contribution in [1.82, 2.24) is 4.90 Å². The molecule has 0 heterocycles. The van der Waals surface area contributed by atoms with Gasteiger partial charge in [0.25, 0.3) is 0 Å². The van der Waals surface area contributed by atoms with Crippen LogP contribution in [0.3, 0.4) is 0 Å². The normalized spacial score (nSPS) is 14.4. The molecule has 0 spiro atoms. The summed E-state index contributed by atoms with van der Waals surface area (Å²) < 4.78 is 1.12. The van der Waals surface area contributed by atoms with Gasteiger partial charge in [-0.05, 0) is 65.0 Å². The van der Waals surface area contributed by atoms with Gasteiger partial charge in [-0.1, -0.05) is 15.9 Å². The first-order valence-electron chi connectivity index (χ1n) is 7.30. The number of likely N-dealkylation sites (N-methyl/N-ethyl adjacent to an activating group) is 2. The van der Waals surface area contributed by atoms with Crippen molar-refractivity contribution in [3.63, 3.8) is 0 Å². The second-order valence-corrected chi connectivity index (χ2v) is 6.77. The zero-order valence-electron chi connectivity index (χ0n) is 13.4. The molecule has 2 unspecified atom stereocenters. The minimum absolute atomic E-state index is 0.172. The van der Waals surface area contributed by atoms with Gasteiger partial charge in [0.15, 0.2) is 0 Å². The van der Waals surface area contributed by atoms with Crippen LogP contribution in [0.4, 0.5) is 5.69 Å². The van der Waals surface area contributed by atoms with Crippen LogP contribution in [0.5, 0.6) is 0 Å². The van der Waals surface area contributed by atoms with E-state index in [1.54, 1.807) is 0 Å². The first-order valence-corrected chi connectivity index (χ1v) is 8.09. The van der Waals surface area contributed by atoms with Gasteiger partial charge in [0.05, 0.1) is 0 Å². The van der Waals surface area contributed by atoms with Gasteiger partial charge in [-0.2, -0.15) is 0 Å². The van der Waals surface area contributed by atoms with Crippen molar-refractivity contribution in [1.29, 1.82) is 0 Å². The molecular formula is C16H28BrN3. The molecular weight excluding hydrogens is 314 g/mol. The molecule has 0 amide bonds. The van der Waals surface area contributed by atoms with E-state index < -0.39 is 0 Å². The fraction of sp³-hybridized carbons (Fsp3) is 0.625. The average molecular weight is 342 g/mol. The van der Waals surface area contributed by atoms with Crippen molar-refractivity contribution in [2.75, 3.05) is 32.1 Å². The SMILES string of the molecule is CCN(c1ccc(Br)cc1CC(C)N)C(C)CN(C)C. The second kappa shape index (κ2) is 8.01. The molecule has 0 aromatic heterocycles. The number of anilines is 1. The Hall–Kier alpha value is -0.580. The van der Waals surface area contributed by atoms with E-state index in [1.165, 1.54) is 11.3 Å². The van der Waals surface area contributed by atoms with Crippen LogP contribution in [0.15, 0.2) is 22.7 Å². The Labute approximate surface area is 132 Å². The van der Waals surface area contributed by atoms with E-state index in [2.05, 4.69) is 78.8 Å². The molecule has 0 saturated heterocycles. The molecule has 3 nitrogen and oxygen atoms in total. The molecule has 0 aliphatic rings. The van der Waals surface area contributed by atoms with Gasteiger partial charge < -0.3 is 15.5 Å². The van der Waals surface area contributed by atoms with Crippen LogP contribution < -0.4 is 10.6 Å². The van der Waals surface area contributed by atoms with Gasteiger partial charge in [0, 0.05) is 35.3 Å². The molecule has 1 rings (SSSR count). The van der Waals surface area contributed by atoms with Crippen molar-refractivity contribution in [2.24, 2.45) is 5.73 Å². The Balaban J connectivity index is 3.07. The predicted molar refractivity (Wildman–Crippen MR) is 92.5 cm³/mol. The van der Waals surface area contributed by atoms with E-state index in [4.69, 9.17) is 5.73 Å². The number of nitrogens with two attached hydrogens (primary N) is 1. The van der Waals surface area contributed by atoms with Crippen molar-refractivity contribution < 1.29 is 0 Å². The van der Waals surface area contributed by atoms with Crippen LogP contribution in [-0.4, -0.2) is 44.2 Å². The van der Waals surface area contributed by atoms with E-state index >= 15 is 0 Å². The lowest BCUT2D eigenvalue weighted by Crippen LogP contribution is -2.40. The summed E-state index contributed by atoms with van der Waals surface area (Å²) in [5.41, 5.74) is 8.63. The third-order valence-electron chi connectivity index (χ3n) is 3.39. The summed E-state index contributed by atoms with van der Waals surface area (Å²) in [5.74, 6) is 0. The smallest absolute Gasteiger partial charge is 0.0402 e. The molecule has 4 heteroatoms. The standard InChI is InChI=1S/C16H28BrN3/c1-6-20(13(3)11-19(4)5)16-8-7-15(17)10-14(16)9-12(2)18/h7-8,10,12-13H,6,9,11,18H2,1-5H3. The lowest BCUT2D eigenvalue weighted by Gasteiger charge is -2.34. The maximum Gasteiger partial charge on any atom is 0.0402 e. The first kappa shape index (κ1) is 17.5. The number of benzene rings is 1. The zero-order valence-corrected chi connectivity index (χ0v) is 14.9. The monoisotopic (exact) mass is 341 g/mol. The topological polar surface area (TPSA) is 32.5 Å². The maximum atomic E-state index is 6.00. The first-order chi connectivity index (χ1) is 9.35. The van der Waals surface area contributed by atoms with Crippen molar-refractivity contribution in [3.05, 3.63) is 28.2 Å². The van der Waals surface area contributed by atoms with Crippen LogP contribution in [0, 0.1) is 0 Å². The second-order valence-electron chi connectivity index (χ2n) is 5.85. The van der Waals surface area contributed by atoms with E-state index in [0.29, 0.717) is 6.04 Å². The van der Waals surface area contributed by atoms with Crippen LogP contribution in [-0.2, 0) is 6.42 Å². The van der Waals surface area contributed by atoms with Gasteiger partial charge in [0.2, 0.25) is 0 Å². The van der Waals surface area contributed by atoms with E-state index in [-0.39, 0.29) is 6.04 Å². The molecule has 1 aromatic carbocycles. The Morgan fingerprint density at radius 2 is 1.90 bits per heavy atom. The molecule has 1 aromatic rings. The highest BCUT2D eigenvalue weighted by atomic mass is 79.9. The van der Waals surface area contributed by atoms with E-state index in [9.17, 15) is 0 Å². The third-order valence-corrected chi connectivity index (χ3v) is 3.89. The summed E-state index contributed by atoms with van der Waals surface area (Å²) in [5, 5.41) is 0. The number of nitrogens with zero attached hydrogens (tertiary/aromatic N) is 2. The Morgan fingerprint density at radius 3 is 2.40 bits per heavy atom. The summed E-state index contributed by atoms with van der Waals surface area (Å²) >= 11 is 3.57. The van der Waals surface area contributed by atoms with Crippen LogP contribution in [0.2, 0.25) is 0 Å². The highest BCUT2D eigenvalue weighted by Gasteiger charge is 2.17. The Kier molecular flexibility index (Phi) is 7.00. The molecule has 0 radical (unpaired) electrons. The average Bonchev–Trinajstić information content (AvgIpc) is 2.31. The molecule has 0 saturated carbocycles. The van der Waals surface area contributed by atoms with Crippen molar-refractivity contribution >= 4 is 21.6 Å². The Morgan fingerprint density at radius 1 is 1.25 bits per heavy atom. The quantitative estimate of drug-likeness (QED) is 0.826. The van der Waals surface area contributed by atoms with Crippen LogP contribution in [0.1, 0.15) is 26.3 Å². The van der Waals surface area contributed by atoms with Gasteiger partial charge in [-0.25, -0.2) is 0 Å². The lowest BCUT2D eigenvalue weighted by atomic mass is 10.0. The molecule has 2 N–H and O–H groups in total. The van der Waals surface area contributed by atoms with Gasteiger partial charge in [0.1, 0.15) is 0 Å². The molecule has 114 valence electrons. The number of rotatable bonds is 7. The highest BCUT2D eigenvalue weighted by Crippen LogP contribution is 2.27. The molecule has 2 atom stereocenters. The lowest BCUT2D eigenvalue weighted by molar-refractivity contribution is 0.372. The predicted octanol–water partition coefficient (Wildman–Crippen LogP) is 3.12. The largest absolute Gasteiger partial charge is 0.368 e. The minimum atomic E-state index is 0.172. The molecule has 0 bridgehead atoms. The summed E-state index contributed by atoms with van der Waals surface area (Å²) in [7, 11) is 4.24. The number of hydrogen-bond acceptors (Lipinski definition) is 3. The fourth-order valence-corrected chi connectivity index (χ4v) is 3.10. The molecule has 0 aliphatic carbocycles. The zero-order chi connectivity index (χ0) is 15.3. The van der Waals surface area contributed by atoms with Crippen molar-refractivity contribution in [3.8, 4) is 0 Å². The third kappa shape index (κ3) is 5.08.